The zero-order valence-electron chi connectivity index (χ0n) is 63.8. The molecule has 1 unspecified atom stereocenters. The standard InChI is InChI=1S/C65H40.C47H30.FH2P/c1-3-19-41(20-4-1)61-49-25-7-11-29-53(49)63(54-30-12-8-26-50(54)61)43-35-37-47-45-23-15-17-33-57(45)65(59(47)39-43)58-34-18-16-24-46(58)48-38-36-44(40-60(48)65)64-55-31-13-9-27-51(55)62(42-21-5-2-6-22-42)52-28-10-14-32-56(52)64;1-47(2)41-25-33(35-19-13-31-11-9-27-5-3-7-29-15-23-39(35)45(31)43(27)29)17-21-37(41)38-22-18-34(26-42(38)47)36-20-14-32-12-10-28-6-4-8-30-16-24-40(36)46(32)44(28)30;1-2/h1-40H;3-26H,1-2H3;2H2/i;;2D. The van der Waals surface area contributed by atoms with Crippen molar-refractivity contribution in [3.05, 3.63) is 422 Å². The third kappa shape index (κ3) is 9.43. The molecule has 1 spiro atoms. The second-order valence-electron chi connectivity index (χ2n) is 31.9. The molecule has 3 aliphatic rings. The van der Waals surface area contributed by atoms with Crippen LogP contribution >= 0.6 is 9.50 Å². The molecule has 25 rings (SSSR count). The number of benzene rings is 22. The van der Waals surface area contributed by atoms with Crippen LogP contribution in [0.3, 0.4) is 0 Å². The van der Waals surface area contributed by atoms with Crippen LogP contribution in [0.5, 0.6) is 0 Å². The van der Waals surface area contributed by atoms with Crippen molar-refractivity contribution in [2.24, 2.45) is 0 Å². The van der Waals surface area contributed by atoms with Crippen molar-refractivity contribution in [3.63, 3.8) is 0 Å². The van der Waals surface area contributed by atoms with Crippen LogP contribution in [0, 0.1) is 0 Å². The van der Waals surface area contributed by atoms with Crippen molar-refractivity contribution < 1.29 is 4.20 Å². The Labute approximate surface area is 664 Å². The molecule has 0 heterocycles. The van der Waals surface area contributed by atoms with E-state index in [1.807, 2.05) is 0 Å². The number of hydrogen-bond donors (Lipinski definition) is 0. The molecule has 22 aromatic rings. The van der Waals surface area contributed by atoms with Gasteiger partial charge in [0.25, 0.3) is 0 Å². The van der Waals surface area contributed by atoms with Crippen LogP contribution in [0.25, 0.3) is 208 Å². The van der Waals surface area contributed by atoms with Gasteiger partial charge in [-0.1, -0.05) is 378 Å². The van der Waals surface area contributed by atoms with Gasteiger partial charge in [0.05, 0.1) is 16.2 Å². The summed E-state index contributed by atoms with van der Waals surface area (Å²) in [6, 6.07) is 146. The maximum atomic E-state index is 9.99. The topological polar surface area (TPSA) is 0 Å². The van der Waals surface area contributed by atoms with E-state index in [9.17, 15) is 4.20 Å². The maximum Gasteiger partial charge on any atom is 0.0908 e. The zero-order valence-corrected chi connectivity index (χ0v) is 63.8. The van der Waals surface area contributed by atoms with Crippen LogP contribution in [0.2, 0.25) is 0 Å². The highest BCUT2D eigenvalue weighted by atomic mass is 31.1. The number of halogens is 1. The molecule has 1 atom stereocenters. The molecule has 0 radical (unpaired) electrons. The van der Waals surface area contributed by atoms with Crippen molar-refractivity contribution in [1.82, 2.24) is 0 Å². The van der Waals surface area contributed by atoms with E-state index in [1.165, 1.54) is 241 Å². The lowest BCUT2D eigenvalue weighted by Gasteiger charge is -2.31. The Balaban J connectivity index is 0.000000138. The van der Waals surface area contributed by atoms with Crippen molar-refractivity contribution >= 4 is 117 Å². The summed E-state index contributed by atoms with van der Waals surface area (Å²) in [6.45, 7) is 4.80. The minimum Gasteiger partial charge on any atom is -0.234 e. The fourth-order valence-electron chi connectivity index (χ4n) is 21.2. The summed E-state index contributed by atoms with van der Waals surface area (Å²) in [5, 5.41) is 26.1. The summed E-state index contributed by atoms with van der Waals surface area (Å²) in [5.41, 5.74) is 30.7. The second kappa shape index (κ2) is 25.4. The SMILES string of the molecule is CC1(C)c2cc(-c3ccc4ccc5cccc6ccc3c4c56)ccc2-c2ccc(-c3ccc4ccc5cccc6ccc3c4c56)cc21.[2H]PF.c1ccc(-c2c3ccccc3c(-c3ccc4c(c3)C3(c5ccccc5-4)c4ccccc4-c4ccc(-c5c6ccccc6c(-c6ccccc6)c6ccccc56)cc43)c3ccccc23)cc1. The Kier molecular flexibility index (Phi) is 14.5. The van der Waals surface area contributed by atoms with Crippen LogP contribution in [0.15, 0.2) is 388 Å². The molecule has 22 aromatic carbocycles. The first-order chi connectivity index (χ1) is 56.7. The molecule has 0 saturated carbocycles. The largest absolute Gasteiger partial charge is 0.234 e. The summed E-state index contributed by atoms with van der Waals surface area (Å²) in [7, 11) is -1.17. The first-order valence-electron chi connectivity index (χ1n) is 40.1. The molecule has 0 N–H and O–H groups in total. The van der Waals surface area contributed by atoms with Gasteiger partial charge in [0.2, 0.25) is 0 Å². The predicted molar refractivity (Wildman–Crippen MR) is 488 cm³/mol. The monoisotopic (exact) mass is 1470 g/mol. The third-order valence-corrected chi connectivity index (χ3v) is 26.0. The van der Waals surface area contributed by atoms with Gasteiger partial charge in [-0.05, 0) is 266 Å². The van der Waals surface area contributed by atoms with Gasteiger partial charge >= 0.3 is 0 Å². The van der Waals surface area contributed by atoms with Gasteiger partial charge in [-0.15, -0.1) is 0 Å². The molecule has 532 valence electrons. The summed E-state index contributed by atoms with van der Waals surface area (Å²) >= 11 is 0. The predicted octanol–water partition coefficient (Wildman–Crippen LogP) is 31.2. The van der Waals surface area contributed by atoms with Crippen LogP contribution in [-0.4, -0.2) is 1.28 Å². The van der Waals surface area contributed by atoms with E-state index in [2.05, 4.69) is 402 Å². The summed E-state index contributed by atoms with van der Waals surface area (Å²) in [6.07, 6.45) is 0. The van der Waals surface area contributed by atoms with Crippen LogP contribution < -0.4 is 0 Å². The minimum absolute atomic E-state index is 0.121. The highest BCUT2D eigenvalue weighted by molar-refractivity contribution is 7.09. The molecule has 0 fully saturated rings. The Bertz CT molecular complexity index is 7200. The average molecular weight is 1470 g/mol. The van der Waals surface area contributed by atoms with Gasteiger partial charge < -0.3 is 0 Å². The quantitative estimate of drug-likeness (QED) is 0.0884. The number of fused-ring (bicyclic) bond motifs is 17. The van der Waals surface area contributed by atoms with Gasteiger partial charge in [-0.3, -0.25) is 0 Å². The summed E-state index contributed by atoms with van der Waals surface area (Å²) in [4.78, 5) is 0. The van der Waals surface area contributed by atoms with Gasteiger partial charge in [0, 0.05) is 5.41 Å². The van der Waals surface area contributed by atoms with E-state index >= 15 is 0 Å². The lowest BCUT2D eigenvalue weighted by molar-refractivity contribution is 0.661. The molecule has 0 aliphatic heterocycles. The highest BCUT2D eigenvalue weighted by Crippen LogP contribution is 2.65. The number of hydrogen-bond acceptors (Lipinski definition) is 0. The third-order valence-electron chi connectivity index (χ3n) is 26.0. The Morgan fingerprint density at radius 1 is 0.202 bits per heavy atom. The van der Waals surface area contributed by atoms with Crippen molar-refractivity contribution in [1.29, 1.82) is 1.28 Å². The van der Waals surface area contributed by atoms with Crippen molar-refractivity contribution in [3.8, 4) is 100 Å². The van der Waals surface area contributed by atoms with Gasteiger partial charge in [-0.2, -0.15) is 0 Å². The molecular weight excluding hydrogens is 1400 g/mol. The highest BCUT2D eigenvalue weighted by Gasteiger charge is 2.52. The van der Waals surface area contributed by atoms with Crippen LogP contribution in [0.4, 0.5) is 4.20 Å². The first-order valence-corrected chi connectivity index (χ1v) is 40.0. The van der Waals surface area contributed by atoms with E-state index in [4.69, 9.17) is 1.28 Å². The molecule has 0 saturated heterocycles. The number of rotatable bonds is 6. The average Bonchev–Trinajstić information content (AvgIpc) is 1.50. The fourth-order valence-corrected chi connectivity index (χ4v) is 21.2. The molecular formula is C112H72FP. The van der Waals surface area contributed by atoms with Gasteiger partial charge in [0.1, 0.15) is 0 Å². The lowest BCUT2D eigenvalue weighted by atomic mass is 9.69. The fraction of sp³-hybridized carbons (Fsp3) is 0.0357. The van der Waals surface area contributed by atoms with Crippen molar-refractivity contribution in [2.45, 2.75) is 24.7 Å². The summed E-state index contributed by atoms with van der Waals surface area (Å²) < 4.78 is 15.6. The van der Waals surface area contributed by atoms with E-state index in [1.54, 1.807) is 0 Å². The van der Waals surface area contributed by atoms with Gasteiger partial charge in [-0.25, -0.2) is 4.20 Å². The maximum absolute atomic E-state index is 9.99. The molecule has 0 amide bonds. The molecule has 0 nitrogen and oxygen atoms in total. The molecule has 0 bridgehead atoms. The van der Waals surface area contributed by atoms with Crippen LogP contribution in [-0.2, 0) is 10.8 Å². The van der Waals surface area contributed by atoms with E-state index in [0.717, 1.165) is 0 Å². The Morgan fingerprint density at radius 2 is 0.456 bits per heavy atom. The van der Waals surface area contributed by atoms with Gasteiger partial charge in [0.15, 0.2) is 0 Å². The molecule has 3 aliphatic carbocycles. The first kappa shape index (κ1) is 65.1. The summed E-state index contributed by atoms with van der Waals surface area (Å²) in [5.74, 6) is 0. The normalized spacial score (nSPS) is 13.4. The van der Waals surface area contributed by atoms with E-state index in [0.29, 0.717) is 0 Å². The molecule has 2 heteroatoms. The van der Waals surface area contributed by atoms with Crippen LogP contribution in [0.1, 0.15) is 47.2 Å². The Hall–Kier alpha value is -13.7. The lowest BCUT2D eigenvalue weighted by Crippen LogP contribution is -2.26. The molecule has 114 heavy (non-hydrogen) atoms. The van der Waals surface area contributed by atoms with E-state index < -0.39 is 14.9 Å². The Morgan fingerprint density at radius 3 is 0.816 bits per heavy atom. The molecule has 0 aromatic heterocycles. The minimum atomic E-state index is -1.17. The smallest absolute Gasteiger partial charge is 0.0908 e. The van der Waals surface area contributed by atoms with E-state index in [-0.39, 0.29) is 5.41 Å². The second-order valence-corrected chi connectivity index (χ2v) is 31.9. The van der Waals surface area contributed by atoms with Crippen molar-refractivity contribution in [2.75, 3.05) is 0 Å². The zero-order chi connectivity index (χ0) is 76.4.